The maximum Gasteiger partial charge on any atom is 0.262 e. The summed E-state index contributed by atoms with van der Waals surface area (Å²) >= 11 is 0. The van der Waals surface area contributed by atoms with Crippen LogP contribution in [-0.2, 0) is 0 Å². The van der Waals surface area contributed by atoms with Crippen LogP contribution in [0, 0.1) is 5.82 Å². The second-order valence-corrected chi connectivity index (χ2v) is 5.82. The molecule has 0 saturated heterocycles. The molecule has 0 amide bonds. The summed E-state index contributed by atoms with van der Waals surface area (Å²) in [7, 11) is 0. The Morgan fingerprint density at radius 1 is 1.32 bits per heavy atom. The fraction of sp³-hybridized carbons (Fsp3) is 0.188. The molecule has 0 bridgehead atoms. The molecule has 0 unspecified atom stereocenters. The number of fused-ring (bicyclic) bond motifs is 2. The van der Waals surface area contributed by atoms with Crippen molar-refractivity contribution in [2.45, 2.75) is 12.8 Å². The van der Waals surface area contributed by atoms with E-state index in [0.717, 1.165) is 6.92 Å². The minimum atomic E-state index is -2.86. The summed E-state index contributed by atoms with van der Waals surface area (Å²) in [6, 6.07) is 1.38. The van der Waals surface area contributed by atoms with Crippen LogP contribution in [0.5, 0.6) is 0 Å². The predicted octanol–water partition coefficient (Wildman–Crippen LogP) is 3.48. The van der Waals surface area contributed by atoms with Crippen LogP contribution >= 0.6 is 0 Å². The van der Waals surface area contributed by atoms with Gasteiger partial charge in [-0.1, -0.05) is 0 Å². The average Bonchev–Trinajstić information content (AvgIpc) is 3.18. The van der Waals surface area contributed by atoms with Crippen LogP contribution in [0.4, 0.5) is 19.1 Å². The fourth-order valence-electron chi connectivity index (χ4n) is 2.60. The van der Waals surface area contributed by atoms with E-state index in [0.29, 0.717) is 22.2 Å². The zero-order valence-electron chi connectivity index (χ0n) is 13.1. The molecule has 4 heterocycles. The molecule has 2 N–H and O–H groups in total. The molecule has 0 atom stereocenters. The molecule has 0 aromatic carbocycles. The molecule has 0 aliphatic heterocycles. The number of rotatable bonds is 4. The molecule has 25 heavy (non-hydrogen) atoms. The first-order chi connectivity index (χ1) is 11.9. The van der Waals surface area contributed by atoms with Crippen LogP contribution in [0.1, 0.15) is 6.92 Å². The Bertz CT molecular complexity index is 1060. The summed E-state index contributed by atoms with van der Waals surface area (Å²) in [5, 5.41) is 3.15. The zero-order chi connectivity index (χ0) is 17.6. The van der Waals surface area contributed by atoms with Gasteiger partial charge < -0.3 is 14.7 Å². The van der Waals surface area contributed by atoms with E-state index < -0.39 is 18.3 Å². The van der Waals surface area contributed by atoms with Gasteiger partial charge >= 0.3 is 0 Å². The molecule has 4 aromatic heterocycles. The first kappa shape index (κ1) is 15.4. The number of pyridine rings is 1. The van der Waals surface area contributed by atoms with E-state index in [1.165, 1.54) is 18.5 Å². The summed E-state index contributed by atoms with van der Waals surface area (Å²) in [5.74, 6) is -3.21. The van der Waals surface area contributed by atoms with Crippen molar-refractivity contribution in [1.82, 2.24) is 24.3 Å². The molecule has 6 nitrogen and oxygen atoms in total. The highest BCUT2D eigenvalue weighted by atomic mass is 19.3. The molecule has 0 aliphatic carbocycles. The number of imidazole rings is 1. The number of nitrogens with zero attached hydrogens (tertiary/aromatic N) is 4. The first-order valence-electron chi connectivity index (χ1n) is 7.49. The van der Waals surface area contributed by atoms with Crippen molar-refractivity contribution in [2.24, 2.45) is 0 Å². The minimum absolute atomic E-state index is 0.0960. The van der Waals surface area contributed by atoms with E-state index in [4.69, 9.17) is 0 Å². The van der Waals surface area contributed by atoms with Crippen molar-refractivity contribution in [2.75, 3.05) is 11.9 Å². The van der Waals surface area contributed by atoms with Gasteiger partial charge in [0.05, 0.1) is 6.54 Å². The lowest BCUT2D eigenvalue weighted by Crippen LogP contribution is -2.23. The molecule has 4 aromatic rings. The fourth-order valence-corrected chi connectivity index (χ4v) is 2.60. The van der Waals surface area contributed by atoms with Crippen molar-refractivity contribution in [3.05, 3.63) is 42.9 Å². The van der Waals surface area contributed by atoms with Crippen molar-refractivity contribution >= 4 is 22.6 Å². The molecular weight excluding hydrogens is 333 g/mol. The van der Waals surface area contributed by atoms with Crippen LogP contribution in [-0.4, -0.2) is 36.8 Å². The maximum atomic E-state index is 14.1. The van der Waals surface area contributed by atoms with Crippen LogP contribution in [0.15, 0.2) is 37.1 Å². The second-order valence-electron chi connectivity index (χ2n) is 5.82. The third-order valence-electron chi connectivity index (χ3n) is 3.74. The van der Waals surface area contributed by atoms with Gasteiger partial charge in [0, 0.05) is 54.4 Å². The molecule has 0 spiro atoms. The first-order valence-corrected chi connectivity index (χ1v) is 7.49. The second kappa shape index (κ2) is 5.47. The monoisotopic (exact) mass is 346 g/mol. The number of H-pyrrole nitrogens is 1. The highest BCUT2D eigenvalue weighted by Gasteiger charge is 2.21. The molecule has 0 aliphatic rings. The van der Waals surface area contributed by atoms with E-state index in [9.17, 15) is 13.2 Å². The van der Waals surface area contributed by atoms with E-state index in [1.807, 2.05) is 0 Å². The number of hydrogen-bond acceptors (Lipinski definition) is 4. The summed E-state index contributed by atoms with van der Waals surface area (Å²) in [6.45, 7) is 0.251. The molecule has 9 heteroatoms. The quantitative estimate of drug-likeness (QED) is 0.593. The molecule has 0 saturated carbocycles. The van der Waals surface area contributed by atoms with Gasteiger partial charge in [0.15, 0.2) is 11.5 Å². The van der Waals surface area contributed by atoms with E-state index in [2.05, 4.69) is 25.3 Å². The lowest BCUT2D eigenvalue weighted by atomic mass is 10.1. The van der Waals surface area contributed by atoms with Gasteiger partial charge in [-0.25, -0.2) is 23.1 Å². The third-order valence-corrected chi connectivity index (χ3v) is 3.74. The maximum absolute atomic E-state index is 14.1. The van der Waals surface area contributed by atoms with Crippen LogP contribution in [0.3, 0.4) is 0 Å². The smallest absolute Gasteiger partial charge is 0.262 e. The number of nitrogens with one attached hydrogen (secondary N) is 2. The number of halogens is 3. The number of anilines is 1. The normalized spacial score (nSPS) is 12.2. The molecule has 128 valence electrons. The summed E-state index contributed by atoms with van der Waals surface area (Å²) < 4.78 is 41.6. The zero-order valence-corrected chi connectivity index (χ0v) is 13.1. The highest BCUT2D eigenvalue weighted by molar-refractivity contribution is 5.93. The van der Waals surface area contributed by atoms with Crippen molar-refractivity contribution in [3.63, 3.8) is 0 Å². The Kier molecular flexibility index (Phi) is 3.38. The Morgan fingerprint density at radius 3 is 2.96 bits per heavy atom. The lowest BCUT2D eigenvalue weighted by Gasteiger charge is -2.10. The van der Waals surface area contributed by atoms with Gasteiger partial charge in [0.2, 0.25) is 5.95 Å². The molecule has 4 rings (SSSR count). The predicted molar refractivity (Wildman–Crippen MR) is 87.1 cm³/mol. The third kappa shape index (κ3) is 2.88. The summed E-state index contributed by atoms with van der Waals surface area (Å²) in [5.41, 5.74) is 2.04. The van der Waals surface area contributed by atoms with E-state index in [-0.39, 0.29) is 11.6 Å². The highest BCUT2D eigenvalue weighted by Crippen LogP contribution is 2.29. The van der Waals surface area contributed by atoms with Gasteiger partial charge in [-0.05, 0) is 6.07 Å². The summed E-state index contributed by atoms with van der Waals surface area (Å²) in [6.07, 6.45) is 8.11. The summed E-state index contributed by atoms with van der Waals surface area (Å²) in [4.78, 5) is 15.1. The molecule has 0 fully saturated rings. The van der Waals surface area contributed by atoms with Gasteiger partial charge in [0.25, 0.3) is 5.92 Å². The Morgan fingerprint density at radius 2 is 2.16 bits per heavy atom. The standard InChI is InChI=1S/C16H13F3N6/c1-16(18,19)8-23-15-22-6-11-10(5-21-13(11)24-15)9-4-12(17)14-20-2-3-25(14)7-9/h2-7H,8H2,1H3,(H2,21,22,23,24). The van der Waals surface area contributed by atoms with Crippen LogP contribution in [0.25, 0.3) is 27.8 Å². The largest absolute Gasteiger partial charge is 0.348 e. The van der Waals surface area contributed by atoms with Crippen LogP contribution in [0.2, 0.25) is 0 Å². The van der Waals surface area contributed by atoms with Crippen molar-refractivity contribution in [1.29, 1.82) is 0 Å². The molecular formula is C16H13F3N6. The number of alkyl halides is 2. The van der Waals surface area contributed by atoms with Gasteiger partial charge in [-0.15, -0.1) is 0 Å². The lowest BCUT2D eigenvalue weighted by molar-refractivity contribution is 0.0366. The average molecular weight is 346 g/mol. The number of aromatic nitrogens is 5. The Balaban J connectivity index is 1.73. The Hall–Kier alpha value is -3.10. The number of hydrogen-bond donors (Lipinski definition) is 2. The van der Waals surface area contributed by atoms with E-state index in [1.54, 1.807) is 23.0 Å². The number of aromatic amines is 1. The van der Waals surface area contributed by atoms with Crippen molar-refractivity contribution < 1.29 is 13.2 Å². The van der Waals surface area contributed by atoms with E-state index >= 15 is 0 Å². The van der Waals surface area contributed by atoms with Gasteiger partial charge in [-0.2, -0.15) is 4.98 Å². The molecule has 0 radical (unpaired) electrons. The van der Waals surface area contributed by atoms with Gasteiger partial charge in [0.1, 0.15) is 5.65 Å². The minimum Gasteiger partial charge on any atom is -0.348 e. The van der Waals surface area contributed by atoms with Crippen LogP contribution < -0.4 is 5.32 Å². The topological polar surface area (TPSA) is 70.9 Å². The van der Waals surface area contributed by atoms with Crippen molar-refractivity contribution in [3.8, 4) is 11.1 Å². The Labute approximate surface area is 139 Å². The SMILES string of the molecule is CC(F)(F)CNc1ncc2c(-c3cc(F)c4nccn4c3)c[nH]c2n1. The van der Waals surface area contributed by atoms with Gasteiger partial charge in [-0.3, -0.25) is 0 Å².